The maximum atomic E-state index is 11.9. The average molecular weight is 278 g/mol. The molecule has 100 valence electrons. The summed E-state index contributed by atoms with van der Waals surface area (Å²) < 4.78 is 26.2. The van der Waals surface area contributed by atoms with Crippen molar-refractivity contribution in [3.8, 4) is 0 Å². The zero-order valence-electron chi connectivity index (χ0n) is 10.2. The van der Waals surface area contributed by atoms with Crippen molar-refractivity contribution in [2.45, 2.75) is 12.3 Å². The summed E-state index contributed by atoms with van der Waals surface area (Å²) in [7, 11) is -3.38. The largest absolute Gasteiger partial charge is 0.329 e. The second-order valence-corrected chi connectivity index (χ2v) is 5.93. The Morgan fingerprint density at radius 2 is 1.74 bits per heavy atom. The monoisotopic (exact) mass is 278 g/mol. The van der Waals surface area contributed by atoms with Gasteiger partial charge in [-0.15, -0.1) is 0 Å². The van der Waals surface area contributed by atoms with Gasteiger partial charge in [0.05, 0.1) is 5.75 Å². The lowest BCUT2D eigenvalue weighted by atomic mass is 10.2. The van der Waals surface area contributed by atoms with Crippen LogP contribution in [0.5, 0.6) is 0 Å². The molecule has 19 heavy (non-hydrogen) atoms. The smallest absolute Gasteiger partial charge is 0.247 e. The summed E-state index contributed by atoms with van der Waals surface area (Å²) in [4.78, 5) is 13.4. The third-order valence-electron chi connectivity index (χ3n) is 2.54. The van der Waals surface area contributed by atoms with E-state index in [4.69, 9.17) is 0 Å². The van der Waals surface area contributed by atoms with Crippen LogP contribution in [0.15, 0.2) is 53.5 Å². The van der Waals surface area contributed by atoms with Gasteiger partial charge < -0.3 is 4.98 Å². The number of aromatic nitrogens is 1. The molecule has 0 fully saturated rings. The van der Waals surface area contributed by atoms with E-state index in [1.165, 1.54) is 12.3 Å². The standard InChI is InChI=1S/C13H14N2O3S/c16-13-7-6-12(8-14-13)9-15-19(17,18)10-11-4-2-1-3-5-11/h1-8,15H,9-10H2,(H,14,16). The van der Waals surface area contributed by atoms with Gasteiger partial charge in [-0.05, 0) is 11.1 Å². The molecule has 0 bridgehead atoms. The van der Waals surface area contributed by atoms with Crippen LogP contribution in [0.2, 0.25) is 0 Å². The fourth-order valence-corrected chi connectivity index (χ4v) is 2.71. The van der Waals surface area contributed by atoms with Crippen LogP contribution in [0.1, 0.15) is 11.1 Å². The van der Waals surface area contributed by atoms with Crippen LogP contribution in [0.3, 0.4) is 0 Å². The maximum Gasteiger partial charge on any atom is 0.247 e. The third kappa shape index (κ3) is 4.35. The molecule has 1 aromatic heterocycles. The zero-order chi connectivity index (χ0) is 13.7. The van der Waals surface area contributed by atoms with E-state index in [0.29, 0.717) is 5.56 Å². The van der Waals surface area contributed by atoms with Gasteiger partial charge in [0.25, 0.3) is 0 Å². The Balaban J connectivity index is 1.98. The fourth-order valence-electron chi connectivity index (χ4n) is 1.59. The molecule has 0 aliphatic heterocycles. The number of sulfonamides is 1. The lowest BCUT2D eigenvalue weighted by molar-refractivity contribution is 0.580. The Morgan fingerprint density at radius 3 is 2.37 bits per heavy atom. The van der Waals surface area contributed by atoms with Gasteiger partial charge in [0.1, 0.15) is 0 Å². The van der Waals surface area contributed by atoms with Crippen molar-refractivity contribution in [3.63, 3.8) is 0 Å². The Hall–Kier alpha value is -1.92. The van der Waals surface area contributed by atoms with Crippen LogP contribution in [0.4, 0.5) is 0 Å². The highest BCUT2D eigenvalue weighted by Crippen LogP contribution is 2.04. The van der Waals surface area contributed by atoms with Crippen LogP contribution in [0, 0.1) is 0 Å². The fraction of sp³-hybridized carbons (Fsp3) is 0.154. The second-order valence-electron chi connectivity index (χ2n) is 4.13. The first-order valence-corrected chi connectivity index (χ1v) is 7.39. The molecule has 2 aromatic rings. The van der Waals surface area contributed by atoms with Crippen molar-refractivity contribution in [2.24, 2.45) is 0 Å². The number of pyridine rings is 1. The Bertz CT molecular complexity index is 673. The number of aromatic amines is 1. The highest BCUT2D eigenvalue weighted by atomic mass is 32.2. The molecule has 0 atom stereocenters. The molecule has 0 unspecified atom stereocenters. The number of hydrogen-bond acceptors (Lipinski definition) is 3. The first-order chi connectivity index (χ1) is 9.05. The lowest BCUT2D eigenvalue weighted by Crippen LogP contribution is -2.25. The molecule has 1 aromatic carbocycles. The van der Waals surface area contributed by atoms with E-state index in [0.717, 1.165) is 5.56 Å². The van der Waals surface area contributed by atoms with Gasteiger partial charge in [-0.1, -0.05) is 36.4 Å². The van der Waals surface area contributed by atoms with E-state index < -0.39 is 10.0 Å². The molecule has 0 aliphatic rings. The molecule has 0 spiro atoms. The van der Waals surface area contributed by atoms with Gasteiger partial charge in [0.15, 0.2) is 0 Å². The molecule has 0 radical (unpaired) electrons. The van der Waals surface area contributed by atoms with E-state index in [2.05, 4.69) is 9.71 Å². The predicted molar refractivity (Wildman–Crippen MR) is 73.0 cm³/mol. The van der Waals surface area contributed by atoms with Crippen LogP contribution in [-0.2, 0) is 22.3 Å². The van der Waals surface area contributed by atoms with Crippen LogP contribution in [0.25, 0.3) is 0 Å². The van der Waals surface area contributed by atoms with E-state index >= 15 is 0 Å². The summed E-state index contributed by atoms with van der Waals surface area (Å²) >= 11 is 0. The molecule has 1 heterocycles. The number of hydrogen-bond donors (Lipinski definition) is 2. The predicted octanol–water partition coefficient (Wildman–Crippen LogP) is 0.994. The molecule has 0 saturated heterocycles. The topological polar surface area (TPSA) is 79.0 Å². The minimum atomic E-state index is -3.38. The Morgan fingerprint density at radius 1 is 1.00 bits per heavy atom. The van der Waals surface area contributed by atoms with E-state index in [1.54, 1.807) is 30.3 Å². The van der Waals surface area contributed by atoms with Gasteiger partial charge in [-0.3, -0.25) is 4.79 Å². The van der Waals surface area contributed by atoms with Crippen molar-refractivity contribution < 1.29 is 8.42 Å². The van der Waals surface area contributed by atoms with Gasteiger partial charge in [-0.2, -0.15) is 0 Å². The number of benzene rings is 1. The first kappa shape index (κ1) is 13.5. The van der Waals surface area contributed by atoms with Crippen LogP contribution < -0.4 is 10.3 Å². The van der Waals surface area contributed by atoms with Gasteiger partial charge in [0.2, 0.25) is 15.6 Å². The normalized spacial score (nSPS) is 11.4. The minimum absolute atomic E-state index is 0.0583. The van der Waals surface area contributed by atoms with Crippen molar-refractivity contribution in [3.05, 3.63) is 70.1 Å². The lowest BCUT2D eigenvalue weighted by Gasteiger charge is -2.06. The quantitative estimate of drug-likeness (QED) is 0.856. The van der Waals surface area contributed by atoms with E-state index in [-0.39, 0.29) is 17.9 Å². The zero-order valence-corrected chi connectivity index (χ0v) is 11.0. The number of rotatable bonds is 5. The number of nitrogens with one attached hydrogen (secondary N) is 2. The summed E-state index contributed by atoms with van der Waals surface area (Å²) in [5.74, 6) is -0.0583. The summed E-state index contributed by atoms with van der Waals surface area (Å²) in [5.41, 5.74) is 1.23. The molecule has 0 amide bonds. The Labute approximate surface area is 111 Å². The SMILES string of the molecule is O=c1ccc(CNS(=O)(=O)Cc2ccccc2)c[nH]1. The Kier molecular flexibility index (Phi) is 4.13. The first-order valence-electron chi connectivity index (χ1n) is 5.74. The molecule has 6 heteroatoms. The third-order valence-corrected chi connectivity index (χ3v) is 3.84. The molecular formula is C13H14N2O3S. The molecule has 5 nitrogen and oxygen atoms in total. The molecule has 0 aliphatic carbocycles. The highest BCUT2D eigenvalue weighted by Gasteiger charge is 2.10. The van der Waals surface area contributed by atoms with Gasteiger partial charge in [0, 0.05) is 18.8 Å². The number of H-pyrrole nitrogens is 1. The summed E-state index contributed by atoms with van der Waals surface area (Å²) in [6.07, 6.45) is 1.49. The maximum absolute atomic E-state index is 11.9. The van der Waals surface area contributed by atoms with Crippen LogP contribution in [-0.4, -0.2) is 13.4 Å². The minimum Gasteiger partial charge on any atom is -0.329 e. The van der Waals surface area contributed by atoms with Gasteiger partial charge >= 0.3 is 0 Å². The van der Waals surface area contributed by atoms with Crippen molar-refractivity contribution in [1.29, 1.82) is 0 Å². The van der Waals surface area contributed by atoms with Crippen molar-refractivity contribution in [1.82, 2.24) is 9.71 Å². The summed E-state index contributed by atoms with van der Waals surface area (Å²) in [6, 6.07) is 11.9. The summed E-state index contributed by atoms with van der Waals surface area (Å²) in [5, 5.41) is 0. The molecule has 2 rings (SSSR count). The molecular weight excluding hydrogens is 264 g/mol. The van der Waals surface area contributed by atoms with E-state index in [1.807, 2.05) is 6.07 Å². The average Bonchev–Trinajstić information content (AvgIpc) is 2.39. The summed E-state index contributed by atoms with van der Waals surface area (Å²) in [6.45, 7) is 0.159. The highest BCUT2D eigenvalue weighted by molar-refractivity contribution is 7.88. The molecule has 0 saturated carbocycles. The molecule has 2 N–H and O–H groups in total. The van der Waals surface area contributed by atoms with Crippen LogP contribution >= 0.6 is 0 Å². The van der Waals surface area contributed by atoms with E-state index in [9.17, 15) is 13.2 Å². The van der Waals surface area contributed by atoms with Crippen molar-refractivity contribution in [2.75, 3.05) is 0 Å². The second kappa shape index (κ2) is 5.81. The van der Waals surface area contributed by atoms with Crippen molar-refractivity contribution >= 4 is 10.0 Å². The van der Waals surface area contributed by atoms with Gasteiger partial charge in [-0.25, -0.2) is 13.1 Å².